The standard InChI is InChI=1S/C27H32NO2P/c1-6-27(4,24-17-11-12-20(2)25(24)30-19-29-5)31-26-21(3)13-10-14-22(26)18-28-23-15-8-7-9-16-23/h7-18,31H,6,19H2,1-5H3/b28-18+. The molecule has 0 saturated heterocycles. The van der Waals surface area contributed by atoms with Gasteiger partial charge in [-0.1, -0.05) is 77.0 Å². The van der Waals surface area contributed by atoms with Gasteiger partial charge in [0.05, 0.1) is 5.69 Å². The fraction of sp³-hybridized carbons (Fsp3) is 0.296. The van der Waals surface area contributed by atoms with Gasteiger partial charge < -0.3 is 9.47 Å². The zero-order chi connectivity index (χ0) is 22.3. The average molecular weight is 434 g/mol. The summed E-state index contributed by atoms with van der Waals surface area (Å²) < 4.78 is 11.2. The SMILES string of the molecule is CCC(C)(Pc1c(C)cccc1/C=N/c1ccccc1)c1cccc(C)c1OCOC. The minimum atomic E-state index is -0.0590. The second-order valence-electron chi connectivity index (χ2n) is 7.95. The number of benzene rings is 3. The number of hydrogen-bond donors (Lipinski definition) is 0. The van der Waals surface area contributed by atoms with Crippen molar-refractivity contribution in [2.45, 2.75) is 39.3 Å². The Morgan fingerprint density at radius 1 is 0.935 bits per heavy atom. The van der Waals surface area contributed by atoms with Gasteiger partial charge in [0.25, 0.3) is 0 Å². The topological polar surface area (TPSA) is 30.8 Å². The molecule has 0 N–H and O–H groups in total. The third-order valence-electron chi connectivity index (χ3n) is 5.65. The van der Waals surface area contributed by atoms with Crippen molar-refractivity contribution in [1.82, 2.24) is 0 Å². The minimum Gasteiger partial charge on any atom is -0.467 e. The van der Waals surface area contributed by atoms with Crippen molar-refractivity contribution in [3.63, 3.8) is 0 Å². The molecule has 3 nitrogen and oxygen atoms in total. The Bertz CT molecular complexity index is 1030. The van der Waals surface area contributed by atoms with E-state index in [1.807, 2.05) is 36.5 Å². The van der Waals surface area contributed by atoms with Crippen LogP contribution in [-0.2, 0) is 9.89 Å². The highest BCUT2D eigenvalue weighted by atomic mass is 31.1. The molecule has 3 aromatic carbocycles. The van der Waals surface area contributed by atoms with Crippen LogP contribution in [0.4, 0.5) is 5.69 Å². The number of hydrogen-bond acceptors (Lipinski definition) is 3. The fourth-order valence-electron chi connectivity index (χ4n) is 3.65. The van der Waals surface area contributed by atoms with Crippen molar-refractivity contribution in [3.8, 4) is 5.75 Å². The maximum Gasteiger partial charge on any atom is 0.188 e. The van der Waals surface area contributed by atoms with E-state index < -0.39 is 0 Å². The van der Waals surface area contributed by atoms with E-state index in [1.165, 1.54) is 22.0 Å². The van der Waals surface area contributed by atoms with Crippen molar-refractivity contribution in [1.29, 1.82) is 0 Å². The van der Waals surface area contributed by atoms with Gasteiger partial charge in [0, 0.05) is 29.6 Å². The molecule has 0 amide bonds. The van der Waals surface area contributed by atoms with Gasteiger partial charge >= 0.3 is 0 Å². The Kier molecular flexibility index (Phi) is 8.01. The first kappa shape index (κ1) is 23.2. The molecule has 0 aliphatic carbocycles. The monoisotopic (exact) mass is 433 g/mol. The number of ether oxygens (including phenoxy) is 2. The quantitative estimate of drug-likeness (QED) is 0.214. The lowest BCUT2D eigenvalue weighted by Gasteiger charge is -2.32. The van der Waals surface area contributed by atoms with Crippen LogP contribution in [0.15, 0.2) is 71.7 Å². The lowest BCUT2D eigenvalue weighted by molar-refractivity contribution is 0.0495. The van der Waals surface area contributed by atoms with Crippen LogP contribution in [0.3, 0.4) is 0 Å². The van der Waals surface area contributed by atoms with E-state index in [2.05, 4.69) is 64.1 Å². The molecule has 0 aromatic heterocycles. The summed E-state index contributed by atoms with van der Waals surface area (Å²) in [5.74, 6) is 0.939. The molecular formula is C27H32NO2P. The van der Waals surface area contributed by atoms with E-state index in [1.54, 1.807) is 7.11 Å². The molecule has 0 radical (unpaired) electrons. The van der Waals surface area contributed by atoms with Crippen LogP contribution in [-0.4, -0.2) is 20.1 Å². The molecule has 162 valence electrons. The first-order valence-corrected chi connectivity index (χ1v) is 11.7. The van der Waals surface area contributed by atoms with Crippen molar-refractivity contribution in [3.05, 3.63) is 89.0 Å². The lowest BCUT2D eigenvalue weighted by Crippen LogP contribution is -2.23. The summed E-state index contributed by atoms with van der Waals surface area (Å²) >= 11 is 0. The van der Waals surface area contributed by atoms with Crippen LogP contribution in [0, 0.1) is 13.8 Å². The summed E-state index contributed by atoms with van der Waals surface area (Å²) in [5, 5.41) is 1.29. The molecule has 31 heavy (non-hydrogen) atoms. The summed E-state index contributed by atoms with van der Waals surface area (Å²) in [5.41, 5.74) is 5.80. The molecule has 0 saturated carbocycles. The van der Waals surface area contributed by atoms with E-state index in [0.717, 1.165) is 23.4 Å². The van der Waals surface area contributed by atoms with Gasteiger partial charge in [0.15, 0.2) is 6.79 Å². The van der Waals surface area contributed by atoms with Gasteiger partial charge in [-0.05, 0) is 48.8 Å². The smallest absolute Gasteiger partial charge is 0.188 e. The molecule has 0 spiro atoms. The molecule has 0 aliphatic rings. The van der Waals surface area contributed by atoms with Crippen molar-refractivity contribution in [2.24, 2.45) is 4.99 Å². The van der Waals surface area contributed by atoms with Crippen LogP contribution in [0.5, 0.6) is 5.75 Å². The van der Waals surface area contributed by atoms with E-state index in [-0.39, 0.29) is 11.9 Å². The molecule has 4 heteroatoms. The Labute approximate surface area is 188 Å². The van der Waals surface area contributed by atoms with E-state index in [9.17, 15) is 0 Å². The minimum absolute atomic E-state index is 0.0590. The molecule has 0 bridgehead atoms. The third kappa shape index (κ3) is 5.61. The van der Waals surface area contributed by atoms with Crippen LogP contribution < -0.4 is 10.0 Å². The Balaban J connectivity index is 2.01. The Hall–Kier alpha value is -2.48. The zero-order valence-electron chi connectivity index (χ0n) is 19.1. The van der Waals surface area contributed by atoms with Crippen molar-refractivity contribution in [2.75, 3.05) is 13.9 Å². The van der Waals surface area contributed by atoms with Crippen LogP contribution >= 0.6 is 8.58 Å². The second kappa shape index (κ2) is 10.7. The van der Waals surface area contributed by atoms with Gasteiger partial charge in [-0.25, -0.2) is 0 Å². The van der Waals surface area contributed by atoms with Crippen LogP contribution in [0.25, 0.3) is 0 Å². The largest absolute Gasteiger partial charge is 0.467 e. The first-order chi connectivity index (χ1) is 15.0. The van der Waals surface area contributed by atoms with Crippen LogP contribution in [0.2, 0.25) is 0 Å². The summed E-state index contributed by atoms with van der Waals surface area (Å²) in [4.78, 5) is 4.72. The summed E-state index contributed by atoms with van der Waals surface area (Å²) in [6.07, 6.45) is 3.00. The molecule has 3 aromatic rings. The highest BCUT2D eigenvalue weighted by molar-refractivity contribution is 7.49. The fourth-order valence-corrected chi connectivity index (χ4v) is 5.28. The number of nitrogens with zero attached hydrogens (tertiary/aromatic N) is 1. The summed E-state index contributed by atoms with van der Waals surface area (Å²) in [6.45, 7) is 9.13. The van der Waals surface area contributed by atoms with Gasteiger partial charge in [-0.2, -0.15) is 0 Å². The van der Waals surface area contributed by atoms with Crippen molar-refractivity contribution < 1.29 is 9.47 Å². The number of rotatable bonds is 9. The zero-order valence-corrected chi connectivity index (χ0v) is 20.1. The van der Waals surface area contributed by atoms with Gasteiger partial charge in [0.2, 0.25) is 0 Å². The van der Waals surface area contributed by atoms with E-state index in [4.69, 9.17) is 14.5 Å². The molecule has 3 rings (SSSR count). The lowest BCUT2D eigenvalue weighted by atomic mass is 9.94. The van der Waals surface area contributed by atoms with Gasteiger partial charge in [-0.3, -0.25) is 4.99 Å². The molecule has 2 atom stereocenters. The van der Waals surface area contributed by atoms with Gasteiger partial charge in [-0.15, -0.1) is 0 Å². The Morgan fingerprint density at radius 3 is 2.35 bits per heavy atom. The van der Waals surface area contributed by atoms with Gasteiger partial charge in [0.1, 0.15) is 5.75 Å². The molecule has 0 aliphatic heterocycles. The summed E-state index contributed by atoms with van der Waals surface area (Å²) in [7, 11) is 2.23. The molecule has 0 fully saturated rings. The predicted molar refractivity (Wildman–Crippen MR) is 134 cm³/mol. The highest BCUT2D eigenvalue weighted by Crippen LogP contribution is 2.48. The average Bonchev–Trinajstić information content (AvgIpc) is 2.79. The Morgan fingerprint density at radius 2 is 1.65 bits per heavy atom. The van der Waals surface area contributed by atoms with Crippen LogP contribution in [0.1, 0.15) is 42.5 Å². The maximum absolute atomic E-state index is 6.02. The normalized spacial score (nSPS) is 13.7. The molecule has 0 heterocycles. The number of methoxy groups -OCH3 is 1. The van der Waals surface area contributed by atoms with Crippen molar-refractivity contribution >= 4 is 25.8 Å². The first-order valence-electron chi connectivity index (χ1n) is 10.7. The third-order valence-corrected chi connectivity index (χ3v) is 7.76. The second-order valence-corrected chi connectivity index (χ2v) is 9.80. The van der Waals surface area contributed by atoms with E-state index in [0.29, 0.717) is 8.58 Å². The number of aryl methyl sites for hydroxylation is 2. The maximum atomic E-state index is 6.02. The number of aliphatic imine (C=N–C) groups is 1. The molecule has 2 unspecified atom stereocenters. The summed E-state index contributed by atoms with van der Waals surface area (Å²) in [6, 6.07) is 23.0. The molecular weight excluding hydrogens is 401 g/mol. The highest BCUT2D eigenvalue weighted by Gasteiger charge is 2.30. The van der Waals surface area contributed by atoms with E-state index >= 15 is 0 Å². The predicted octanol–water partition coefficient (Wildman–Crippen LogP) is 6.67. The number of para-hydroxylation sites is 2.